The molecule has 1 aromatic rings. The minimum absolute atomic E-state index is 0.0689. The van der Waals surface area contributed by atoms with Gasteiger partial charge in [0.15, 0.2) is 0 Å². The maximum atomic E-state index is 12.3. The monoisotopic (exact) mass is 263 g/mol. The molecule has 1 aliphatic rings. The number of nitrogens with zero attached hydrogens (tertiary/aromatic N) is 1. The summed E-state index contributed by atoms with van der Waals surface area (Å²) < 4.78 is 0. The molecule has 2 amide bonds. The van der Waals surface area contributed by atoms with Crippen molar-refractivity contribution in [2.24, 2.45) is 0 Å². The van der Waals surface area contributed by atoms with Crippen LogP contribution in [0.5, 0.6) is 0 Å². The van der Waals surface area contributed by atoms with Crippen LogP contribution in [0.4, 0.5) is 5.69 Å². The van der Waals surface area contributed by atoms with Crippen LogP contribution in [0.25, 0.3) is 0 Å². The van der Waals surface area contributed by atoms with Crippen molar-refractivity contribution in [2.45, 2.75) is 32.4 Å². The normalized spacial score (nSPS) is 19.7. The predicted molar refractivity (Wildman–Crippen MR) is 74.9 cm³/mol. The molecule has 18 heavy (non-hydrogen) atoms. The highest BCUT2D eigenvalue weighted by atomic mass is 32.2. The lowest BCUT2D eigenvalue weighted by atomic mass is 10.1. The molecule has 0 radical (unpaired) electrons. The van der Waals surface area contributed by atoms with Crippen LogP contribution in [0.2, 0.25) is 0 Å². The zero-order chi connectivity index (χ0) is 13.3. The van der Waals surface area contributed by atoms with E-state index in [2.05, 4.69) is 0 Å². The molecule has 3 nitrogen and oxygen atoms in total. The molecule has 0 aliphatic carbocycles. The lowest BCUT2D eigenvalue weighted by molar-refractivity contribution is -0.121. The highest BCUT2D eigenvalue weighted by Crippen LogP contribution is 2.31. The average Bonchev–Trinajstić information content (AvgIpc) is 2.59. The largest absolute Gasteiger partial charge is 0.274 e. The topological polar surface area (TPSA) is 37.4 Å². The van der Waals surface area contributed by atoms with Crippen molar-refractivity contribution >= 4 is 29.3 Å². The second kappa shape index (κ2) is 5.14. The molecule has 1 aliphatic heterocycles. The Hall–Kier alpha value is -1.29. The van der Waals surface area contributed by atoms with Gasteiger partial charge in [-0.1, -0.05) is 19.1 Å². The smallest absolute Gasteiger partial charge is 0.247 e. The Bertz CT molecular complexity index is 499. The summed E-state index contributed by atoms with van der Waals surface area (Å²) in [5.41, 5.74) is 2.76. The Morgan fingerprint density at radius 2 is 2.06 bits per heavy atom. The molecule has 0 saturated carbocycles. The second-order valence-electron chi connectivity index (χ2n) is 4.51. The van der Waals surface area contributed by atoms with Gasteiger partial charge in [-0.15, -0.1) is 11.8 Å². The SMILES string of the molecule is CCSC1CC(=O)N(c2cc(C)ccc2C)C1=O. The summed E-state index contributed by atoms with van der Waals surface area (Å²) in [6.45, 7) is 5.89. The molecule has 1 atom stereocenters. The van der Waals surface area contributed by atoms with Gasteiger partial charge in [-0.05, 0) is 36.8 Å². The Morgan fingerprint density at radius 1 is 1.33 bits per heavy atom. The first-order chi connectivity index (χ1) is 8.54. The highest BCUT2D eigenvalue weighted by Gasteiger charge is 2.39. The van der Waals surface area contributed by atoms with Crippen molar-refractivity contribution in [2.75, 3.05) is 10.7 Å². The minimum Gasteiger partial charge on any atom is -0.274 e. The van der Waals surface area contributed by atoms with Gasteiger partial charge in [0.2, 0.25) is 11.8 Å². The first-order valence-electron chi connectivity index (χ1n) is 6.10. The molecule has 4 heteroatoms. The number of benzene rings is 1. The van der Waals surface area contributed by atoms with Crippen molar-refractivity contribution in [3.63, 3.8) is 0 Å². The van der Waals surface area contributed by atoms with Crippen LogP contribution in [0, 0.1) is 13.8 Å². The van der Waals surface area contributed by atoms with Gasteiger partial charge in [-0.3, -0.25) is 9.59 Å². The molecule has 96 valence electrons. The van der Waals surface area contributed by atoms with Gasteiger partial charge >= 0.3 is 0 Å². The lowest BCUT2D eigenvalue weighted by Gasteiger charge is -2.17. The maximum Gasteiger partial charge on any atom is 0.247 e. The summed E-state index contributed by atoms with van der Waals surface area (Å²) >= 11 is 1.55. The van der Waals surface area contributed by atoms with Crippen molar-refractivity contribution in [3.8, 4) is 0 Å². The van der Waals surface area contributed by atoms with Crippen LogP contribution in [-0.4, -0.2) is 22.8 Å². The van der Waals surface area contributed by atoms with Gasteiger partial charge in [-0.2, -0.15) is 0 Å². The number of thioether (sulfide) groups is 1. The maximum absolute atomic E-state index is 12.3. The number of amides is 2. The Balaban J connectivity index is 2.36. The van der Waals surface area contributed by atoms with Crippen molar-refractivity contribution in [1.82, 2.24) is 0 Å². The van der Waals surface area contributed by atoms with Crippen LogP contribution in [0.3, 0.4) is 0 Å². The molecule has 1 saturated heterocycles. The van der Waals surface area contributed by atoms with E-state index in [9.17, 15) is 9.59 Å². The quantitative estimate of drug-likeness (QED) is 0.787. The molecule has 2 rings (SSSR count). The van der Waals surface area contributed by atoms with E-state index in [1.165, 1.54) is 4.90 Å². The summed E-state index contributed by atoms with van der Waals surface area (Å²) in [5.74, 6) is 0.699. The molecular formula is C14H17NO2S. The molecule has 0 N–H and O–H groups in total. The Labute approximate surface area is 112 Å². The number of hydrogen-bond acceptors (Lipinski definition) is 3. The number of carbonyl (C=O) groups excluding carboxylic acids is 2. The summed E-state index contributed by atoms with van der Waals surface area (Å²) in [4.78, 5) is 25.6. The fourth-order valence-electron chi connectivity index (χ4n) is 2.15. The van der Waals surface area contributed by atoms with E-state index in [-0.39, 0.29) is 17.1 Å². The number of carbonyl (C=O) groups is 2. The second-order valence-corrected chi connectivity index (χ2v) is 5.99. The number of aryl methyl sites for hydroxylation is 2. The average molecular weight is 263 g/mol. The molecular weight excluding hydrogens is 246 g/mol. The van der Waals surface area contributed by atoms with Crippen molar-refractivity contribution in [3.05, 3.63) is 29.3 Å². The highest BCUT2D eigenvalue weighted by molar-refractivity contribution is 8.00. The summed E-state index contributed by atoms with van der Waals surface area (Å²) in [6.07, 6.45) is 0.324. The minimum atomic E-state index is -0.206. The third-order valence-corrected chi connectivity index (χ3v) is 4.18. The van der Waals surface area contributed by atoms with Crippen molar-refractivity contribution < 1.29 is 9.59 Å². The summed E-state index contributed by atoms with van der Waals surface area (Å²) in [5, 5.41) is -0.206. The standard InChI is InChI=1S/C14H17NO2S/c1-4-18-12-8-13(16)15(14(12)17)11-7-9(2)5-6-10(11)3/h5-7,12H,4,8H2,1-3H3. The molecule has 0 bridgehead atoms. The van der Waals surface area contributed by atoms with Crippen LogP contribution in [-0.2, 0) is 9.59 Å². The zero-order valence-corrected chi connectivity index (χ0v) is 11.7. The third kappa shape index (κ3) is 2.29. The van der Waals surface area contributed by atoms with E-state index in [1.807, 2.05) is 39.0 Å². The molecule has 0 aromatic heterocycles. The van der Waals surface area contributed by atoms with E-state index < -0.39 is 0 Å². The third-order valence-electron chi connectivity index (χ3n) is 3.08. The molecule has 1 fully saturated rings. The molecule has 1 aromatic carbocycles. The molecule has 1 unspecified atom stereocenters. The fraction of sp³-hybridized carbons (Fsp3) is 0.429. The number of hydrogen-bond donors (Lipinski definition) is 0. The molecule has 0 spiro atoms. The van der Waals surface area contributed by atoms with Gasteiger partial charge in [-0.25, -0.2) is 4.90 Å². The van der Waals surface area contributed by atoms with E-state index in [0.29, 0.717) is 6.42 Å². The van der Waals surface area contributed by atoms with E-state index in [1.54, 1.807) is 11.8 Å². The van der Waals surface area contributed by atoms with Crippen LogP contribution in [0.1, 0.15) is 24.5 Å². The van der Waals surface area contributed by atoms with E-state index in [0.717, 1.165) is 22.6 Å². The summed E-state index contributed by atoms with van der Waals surface area (Å²) in [6, 6.07) is 5.85. The van der Waals surface area contributed by atoms with E-state index >= 15 is 0 Å². The fourth-order valence-corrected chi connectivity index (χ4v) is 3.06. The predicted octanol–water partition coefficient (Wildman–Crippen LogP) is 2.69. The first kappa shape index (κ1) is 13.1. The van der Waals surface area contributed by atoms with Crippen LogP contribution in [0.15, 0.2) is 18.2 Å². The van der Waals surface area contributed by atoms with Gasteiger partial charge in [0, 0.05) is 6.42 Å². The van der Waals surface area contributed by atoms with Gasteiger partial charge in [0.1, 0.15) is 0 Å². The van der Waals surface area contributed by atoms with Crippen molar-refractivity contribution in [1.29, 1.82) is 0 Å². The Kier molecular flexibility index (Phi) is 3.76. The van der Waals surface area contributed by atoms with Gasteiger partial charge in [0.05, 0.1) is 10.9 Å². The lowest BCUT2D eigenvalue weighted by Crippen LogP contribution is -2.31. The summed E-state index contributed by atoms with van der Waals surface area (Å²) in [7, 11) is 0. The van der Waals surface area contributed by atoms with Gasteiger partial charge < -0.3 is 0 Å². The first-order valence-corrected chi connectivity index (χ1v) is 7.15. The van der Waals surface area contributed by atoms with Crippen LogP contribution < -0.4 is 4.90 Å². The number of rotatable bonds is 3. The number of anilines is 1. The zero-order valence-electron chi connectivity index (χ0n) is 10.9. The number of imide groups is 1. The Morgan fingerprint density at radius 3 is 2.72 bits per heavy atom. The van der Waals surface area contributed by atoms with Crippen LogP contribution >= 0.6 is 11.8 Å². The van der Waals surface area contributed by atoms with Gasteiger partial charge in [0.25, 0.3) is 0 Å². The van der Waals surface area contributed by atoms with E-state index in [4.69, 9.17) is 0 Å². The molecule has 1 heterocycles.